The molecule has 20 heavy (non-hydrogen) atoms. The van der Waals surface area contributed by atoms with E-state index in [9.17, 15) is 9.90 Å². The van der Waals surface area contributed by atoms with Gasteiger partial charge in [-0.15, -0.1) is 0 Å². The molecule has 0 aliphatic rings. The molecule has 2 aromatic rings. The first kappa shape index (κ1) is 14.3. The second-order valence-electron chi connectivity index (χ2n) is 5.34. The van der Waals surface area contributed by atoms with Crippen LogP contribution in [0.1, 0.15) is 29.9 Å². The third-order valence-electron chi connectivity index (χ3n) is 2.74. The highest BCUT2D eigenvalue weighted by atomic mass is 16.5. The van der Waals surface area contributed by atoms with Gasteiger partial charge in [-0.2, -0.15) is 0 Å². The van der Waals surface area contributed by atoms with Gasteiger partial charge in [-0.05, 0) is 19.4 Å². The van der Waals surface area contributed by atoms with E-state index in [-0.39, 0.29) is 18.1 Å². The molecule has 0 aliphatic carbocycles. The Bertz CT molecular complexity index is 544. The van der Waals surface area contributed by atoms with Gasteiger partial charge in [0.05, 0.1) is 5.60 Å². The van der Waals surface area contributed by atoms with E-state index < -0.39 is 5.60 Å². The van der Waals surface area contributed by atoms with Gasteiger partial charge >= 0.3 is 0 Å². The van der Waals surface area contributed by atoms with Crippen molar-refractivity contribution in [3.8, 4) is 0 Å². The second-order valence-corrected chi connectivity index (χ2v) is 5.34. The zero-order valence-electron chi connectivity index (χ0n) is 11.6. The minimum Gasteiger partial charge on any atom is -0.389 e. The molecule has 5 nitrogen and oxygen atoms in total. The second kappa shape index (κ2) is 5.88. The average Bonchev–Trinajstić information content (AvgIpc) is 2.90. The lowest BCUT2D eigenvalue weighted by atomic mass is 10.1. The molecule has 1 N–H and O–H groups in total. The molecule has 0 atom stereocenters. The smallest absolute Gasteiger partial charge is 0.276 e. The molecule has 1 aromatic heterocycles. The molecule has 0 radical (unpaired) electrons. The van der Waals surface area contributed by atoms with E-state index in [1.54, 1.807) is 18.7 Å². The van der Waals surface area contributed by atoms with Gasteiger partial charge in [-0.3, -0.25) is 4.79 Å². The Balaban J connectivity index is 2.19. The Morgan fingerprint density at radius 3 is 2.55 bits per heavy atom. The number of hydrogen-bond acceptors (Lipinski definition) is 4. The summed E-state index contributed by atoms with van der Waals surface area (Å²) in [6, 6.07) is 11.1. The molecule has 1 aromatic carbocycles. The fraction of sp³-hybridized carbons (Fsp3) is 0.333. The summed E-state index contributed by atoms with van der Waals surface area (Å²) in [5, 5.41) is 13.6. The van der Waals surface area contributed by atoms with Crippen molar-refractivity contribution in [2.24, 2.45) is 0 Å². The third-order valence-corrected chi connectivity index (χ3v) is 2.74. The highest BCUT2D eigenvalue weighted by Gasteiger charge is 2.25. The maximum atomic E-state index is 12.4. The molecule has 0 aliphatic heterocycles. The van der Waals surface area contributed by atoms with Gasteiger partial charge in [0, 0.05) is 19.2 Å². The number of nitrogens with zero attached hydrogens (tertiary/aromatic N) is 2. The number of rotatable bonds is 5. The lowest BCUT2D eigenvalue weighted by molar-refractivity contribution is 0.0274. The highest BCUT2D eigenvalue weighted by molar-refractivity contribution is 5.92. The van der Waals surface area contributed by atoms with E-state index in [0.29, 0.717) is 6.54 Å². The third kappa shape index (κ3) is 3.93. The van der Waals surface area contributed by atoms with Gasteiger partial charge in [0.1, 0.15) is 6.26 Å². The van der Waals surface area contributed by atoms with Crippen molar-refractivity contribution >= 4 is 5.91 Å². The van der Waals surface area contributed by atoms with Crippen LogP contribution in [0, 0.1) is 0 Å². The zero-order chi connectivity index (χ0) is 14.6. The molecule has 0 spiro atoms. The van der Waals surface area contributed by atoms with Crippen LogP contribution < -0.4 is 0 Å². The van der Waals surface area contributed by atoms with Crippen molar-refractivity contribution in [3.63, 3.8) is 0 Å². The topological polar surface area (TPSA) is 66.6 Å². The number of benzene rings is 1. The van der Waals surface area contributed by atoms with Crippen LogP contribution in [0.2, 0.25) is 0 Å². The summed E-state index contributed by atoms with van der Waals surface area (Å²) < 4.78 is 4.71. The Labute approximate surface area is 117 Å². The van der Waals surface area contributed by atoms with Gasteiger partial charge in [-0.25, -0.2) is 0 Å². The molecule has 0 fully saturated rings. The van der Waals surface area contributed by atoms with Crippen LogP contribution in [0.15, 0.2) is 47.2 Å². The first-order chi connectivity index (χ1) is 9.46. The van der Waals surface area contributed by atoms with Crippen LogP contribution in [0.5, 0.6) is 0 Å². The van der Waals surface area contributed by atoms with Gasteiger partial charge < -0.3 is 14.5 Å². The SMILES string of the molecule is CC(C)(O)CN(Cc1ccccc1)C(=O)c1ccon1. The standard InChI is InChI=1S/C15H18N2O3/c1-15(2,19)11-17(10-12-6-4-3-5-7-12)14(18)13-8-9-20-16-13/h3-9,19H,10-11H2,1-2H3. The average molecular weight is 274 g/mol. The van der Waals surface area contributed by atoms with Crippen LogP contribution in [-0.2, 0) is 6.54 Å². The summed E-state index contributed by atoms with van der Waals surface area (Å²) in [6.07, 6.45) is 1.36. The van der Waals surface area contributed by atoms with Crippen LogP contribution in [-0.4, -0.2) is 33.2 Å². The predicted octanol–water partition coefficient (Wildman–Crippen LogP) is 2.09. The molecular weight excluding hydrogens is 256 g/mol. The van der Waals surface area contributed by atoms with Crippen molar-refractivity contribution in [1.82, 2.24) is 10.1 Å². The molecule has 5 heteroatoms. The Morgan fingerprint density at radius 2 is 2.00 bits per heavy atom. The maximum Gasteiger partial charge on any atom is 0.276 e. The largest absolute Gasteiger partial charge is 0.389 e. The van der Waals surface area contributed by atoms with Crippen LogP contribution in [0.25, 0.3) is 0 Å². The minimum absolute atomic E-state index is 0.216. The number of aromatic nitrogens is 1. The monoisotopic (exact) mass is 274 g/mol. The van der Waals surface area contributed by atoms with E-state index in [2.05, 4.69) is 5.16 Å². The molecule has 0 saturated heterocycles. The van der Waals surface area contributed by atoms with Gasteiger partial charge in [-0.1, -0.05) is 35.5 Å². The fourth-order valence-corrected chi connectivity index (χ4v) is 1.96. The minimum atomic E-state index is -0.978. The van der Waals surface area contributed by atoms with Gasteiger partial charge in [0.25, 0.3) is 5.91 Å². The van der Waals surface area contributed by atoms with Crippen LogP contribution >= 0.6 is 0 Å². The van der Waals surface area contributed by atoms with E-state index in [0.717, 1.165) is 5.56 Å². The number of carbonyl (C=O) groups is 1. The molecule has 1 amide bonds. The van der Waals surface area contributed by atoms with Crippen LogP contribution in [0.3, 0.4) is 0 Å². The number of aliphatic hydroxyl groups is 1. The fourth-order valence-electron chi connectivity index (χ4n) is 1.96. The first-order valence-electron chi connectivity index (χ1n) is 6.42. The summed E-state index contributed by atoms with van der Waals surface area (Å²) in [7, 11) is 0. The summed E-state index contributed by atoms with van der Waals surface area (Å²) in [4.78, 5) is 13.9. The normalized spacial score (nSPS) is 11.3. The lowest BCUT2D eigenvalue weighted by Crippen LogP contribution is -2.41. The van der Waals surface area contributed by atoms with Gasteiger partial charge in [0.2, 0.25) is 0 Å². The van der Waals surface area contributed by atoms with E-state index in [4.69, 9.17) is 4.52 Å². The van der Waals surface area contributed by atoms with E-state index in [1.807, 2.05) is 30.3 Å². The summed E-state index contributed by atoms with van der Waals surface area (Å²) in [6.45, 7) is 3.96. The summed E-state index contributed by atoms with van der Waals surface area (Å²) in [5.41, 5.74) is 0.257. The van der Waals surface area contributed by atoms with Crippen molar-refractivity contribution in [2.45, 2.75) is 26.0 Å². The Hall–Kier alpha value is -2.14. The number of carbonyl (C=O) groups excluding carboxylic acids is 1. The molecule has 2 rings (SSSR count). The Morgan fingerprint density at radius 1 is 1.30 bits per heavy atom. The van der Waals surface area contributed by atoms with E-state index >= 15 is 0 Å². The molecule has 106 valence electrons. The van der Waals surface area contributed by atoms with Crippen molar-refractivity contribution in [1.29, 1.82) is 0 Å². The molecule has 0 saturated carbocycles. The molecular formula is C15H18N2O3. The Kier molecular flexibility index (Phi) is 4.20. The quantitative estimate of drug-likeness (QED) is 0.906. The van der Waals surface area contributed by atoms with E-state index in [1.165, 1.54) is 12.3 Å². The number of amides is 1. The summed E-state index contributed by atoms with van der Waals surface area (Å²) in [5.74, 6) is -0.260. The lowest BCUT2D eigenvalue weighted by Gasteiger charge is -2.28. The van der Waals surface area contributed by atoms with Gasteiger partial charge in [0.15, 0.2) is 5.69 Å². The summed E-state index contributed by atoms with van der Waals surface area (Å²) >= 11 is 0. The first-order valence-corrected chi connectivity index (χ1v) is 6.42. The van der Waals surface area contributed by atoms with Crippen molar-refractivity contribution < 1.29 is 14.4 Å². The predicted molar refractivity (Wildman–Crippen MR) is 74.0 cm³/mol. The molecule has 0 bridgehead atoms. The van der Waals surface area contributed by atoms with Crippen molar-refractivity contribution in [2.75, 3.05) is 6.54 Å². The molecule has 1 heterocycles. The van der Waals surface area contributed by atoms with Crippen molar-refractivity contribution in [3.05, 3.63) is 53.9 Å². The molecule has 0 unspecified atom stereocenters. The number of hydrogen-bond donors (Lipinski definition) is 1. The zero-order valence-corrected chi connectivity index (χ0v) is 11.6. The maximum absolute atomic E-state index is 12.4. The highest BCUT2D eigenvalue weighted by Crippen LogP contribution is 2.13. The van der Waals surface area contributed by atoms with Crippen LogP contribution in [0.4, 0.5) is 0 Å².